The van der Waals surface area contributed by atoms with E-state index in [2.05, 4.69) is 22.2 Å². The Bertz CT molecular complexity index is 787. The molecule has 3 aromatic rings. The summed E-state index contributed by atoms with van der Waals surface area (Å²) in [6, 6.07) is 13.5. The minimum atomic E-state index is 0.0296. The van der Waals surface area contributed by atoms with Crippen LogP contribution >= 0.6 is 11.9 Å². The van der Waals surface area contributed by atoms with Gasteiger partial charge >= 0.3 is 0 Å². The normalized spacial score (nSPS) is 10.7. The lowest BCUT2D eigenvalue weighted by Crippen LogP contribution is -2.07. The molecule has 0 N–H and O–H groups in total. The fourth-order valence-electron chi connectivity index (χ4n) is 2.25. The number of ketones is 1. The van der Waals surface area contributed by atoms with E-state index in [0.29, 0.717) is 11.3 Å². The van der Waals surface area contributed by atoms with Crippen LogP contribution in [0.15, 0.2) is 54.9 Å². The second kappa shape index (κ2) is 7.19. The first kappa shape index (κ1) is 15.4. The summed E-state index contributed by atoms with van der Waals surface area (Å²) < 4.78 is 1.75. The van der Waals surface area contributed by atoms with Gasteiger partial charge in [0.25, 0.3) is 0 Å². The van der Waals surface area contributed by atoms with Gasteiger partial charge in [-0.3, -0.25) is 9.78 Å². The molecule has 0 aliphatic heterocycles. The molecule has 0 bridgehead atoms. The van der Waals surface area contributed by atoms with E-state index < -0.39 is 0 Å². The summed E-state index contributed by atoms with van der Waals surface area (Å²) in [7, 11) is 0. The van der Waals surface area contributed by atoms with Gasteiger partial charge in [0, 0.05) is 23.5 Å². The van der Waals surface area contributed by atoms with Crippen molar-refractivity contribution in [2.24, 2.45) is 0 Å². The van der Waals surface area contributed by atoms with Gasteiger partial charge in [-0.2, -0.15) is 4.09 Å². The molecule has 5 nitrogen and oxygen atoms in total. The first-order valence-electron chi connectivity index (χ1n) is 7.36. The molecule has 0 unspecified atom stereocenters. The average molecular weight is 324 g/mol. The second-order valence-electron chi connectivity index (χ2n) is 4.92. The third-order valence-corrected chi connectivity index (χ3v) is 4.34. The summed E-state index contributed by atoms with van der Waals surface area (Å²) in [5.41, 5.74) is 3.53. The van der Waals surface area contributed by atoms with E-state index in [1.54, 1.807) is 28.6 Å². The lowest BCUT2D eigenvalue weighted by atomic mass is 10.1. The standard InChI is InChI=1S/C17H16N4OS/c1-2-15-17(13-7-4-3-5-8-13)19-20-21(15)23-12-16(22)14-9-6-10-18-11-14/h3-11H,2,12H2,1H3. The summed E-state index contributed by atoms with van der Waals surface area (Å²) in [5.74, 6) is 0.331. The molecular weight excluding hydrogens is 308 g/mol. The van der Waals surface area contributed by atoms with Crippen LogP contribution in [0, 0.1) is 0 Å². The Morgan fingerprint density at radius 2 is 2.00 bits per heavy atom. The molecule has 23 heavy (non-hydrogen) atoms. The van der Waals surface area contributed by atoms with Crippen molar-refractivity contribution in [1.82, 2.24) is 19.4 Å². The number of carbonyl (C=O) groups is 1. The summed E-state index contributed by atoms with van der Waals surface area (Å²) in [6.45, 7) is 2.06. The van der Waals surface area contributed by atoms with E-state index in [1.165, 1.54) is 11.9 Å². The quantitative estimate of drug-likeness (QED) is 0.651. The van der Waals surface area contributed by atoms with Crippen LogP contribution in [0.5, 0.6) is 0 Å². The lowest BCUT2D eigenvalue weighted by Gasteiger charge is -2.05. The molecule has 0 amide bonds. The molecule has 116 valence electrons. The number of nitrogens with zero attached hydrogens (tertiary/aromatic N) is 4. The van der Waals surface area contributed by atoms with Gasteiger partial charge in [-0.05, 0) is 30.5 Å². The maximum Gasteiger partial charge on any atom is 0.176 e. The van der Waals surface area contributed by atoms with Crippen LogP contribution in [0.4, 0.5) is 0 Å². The minimum absolute atomic E-state index is 0.0296. The lowest BCUT2D eigenvalue weighted by molar-refractivity contribution is 0.102. The Morgan fingerprint density at radius 3 is 2.70 bits per heavy atom. The van der Waals surface area contributed by atoms with Gasteiger partial charge in [-0.25, -0.2) is 0 Å². The van der Waals surface area contributed by atoms with Gasteiger partial charge in [-0.1, -0.05) is 42.5 Å². The number of rotatable bonds is 6. The van der Waals surface area contributed by atoms with E-state index in [-0.39, 0.29) is 5.78 Å². The number of benzene rings is 1. The zero-order chi connectivity index (χ0) is 16.1. The summed E-state index contributed by atoms with van der Waals surface area (Å²) in [5, 5.41) is 8.47. The van der Waals surface area contributed by atoms with Gasteiger partial charge in [-0.15, -0.1) is 5.10 Å². The van der Waals surface area contributed by atoms with Crippen molar-refractivity contribution < 1.29 is 4.79 Å². The van der Waals surface area contributed by atoms with Gasteiger partial charge in [0.2, 0.25) is 0 Å². The monoisotopic (exact) mass is 324 g/mol. The topological polar surface area (TPSA) is 60.7 Å². The Labute approximate surface area is 138 Å². The van der Waals surface area contributed by atoms with Crippen LogP contribution in [-0.2, 0) is 6.42 Å². The Morgan fingerprint density at radius 1 is 1.17 bits per heavy atom. The van der Waals surface area contributed by atoms with Gasteiger partial charge in [0.05, 0.1) is 11.4 Å². The van der Waals surface area contributed by atoms with E-state index in [4.69, 9.17) is 0 Å². The van der Waals surface area contributed by atoms with Crippen molar-refractivity contribution >= 4 is 17.7 Å². The second-order valence-corrected chi connectivity index (χ2v) is 5.81. The summed E-state index contributed by atoms with van der Waals surface area (Å²) in [4.78, 5) is 16.1. The number of aromatic nitrogens is 4. The van der Waals surface area contributed by atoms with Crippen LogP contribution in [0.25, 0.3) is 11.3 Å². The van der Waals surface area contributed by atoms with E-state index >= 15 is 0 Å². The number of hydrogen-bond acceptors (Lipinski definition) is 5. The van der Waals surface area contributed by atoms with Crippen LogP contribution in [0.1, 0.15) is 23.0 Å². The first-order valence-corrected chi connectivity index (χ1v) is 8.30. The molecule has 6 heteroatoms. The Kier molecular flexibility index (Phi) is 4.83. The van der Waals surface area contributed by atoms with Crippen LogP contribution in [0.3, 0.4) is 0 Å². The molecule has 0 atom stereocenters. The molecule has 2 heterocycles. The SMILES string of the molecule is CCc1c(-c2ccccc2)nnn1SCC(=O)c1cccnc1. The van der Waals surface area contributed by atoms with Crippen LogP contribution in [-0.4, -0.2) is 30.9 Å². The van der Waals surface area contributed by atoms with Crippen LogP contribution < -0.4 is 0 Å². The smallest absolute Gasteiger partial charge is 0.176 e. The summed E-state index contributed by atoms with van der Waals surface area (Å²) in [6.07, 6.45) is 4.04. The Hall–Kier alpha value is -2.47. The highest BCUT2D eigenvalue weighted by atomic mass is 32.2. The number of Topliss-reactive ketones (excluding diaryl/α,β-unsaturated/α-hetero) is 1. The van der Waals surface area contributed by atoms with Crippen molar-refractivity contribution in [3.63, 3.8) is 0 Å². The van der Waals surface area contributed by atoms with Gasteiger partial charge in [0.1, 0.15) is 5.69 Å². The first-order chi connectivity index (χ1) is 11.3. The predicted octanol–water partition coefficient (Wildman–Crippen LogP) is 3.28. The van der Waals surface area contributed by atoms with Crippen molar-refractivity contribution in [3.8, 4) is 11.3 Å². The number of pyridine rings is 1. The molecule has 2 aromatic heterocycles. The highest BCUT2D eigenvalue weighted by Gasteiger charge is 2.15. The van der Waals surface area contributed by atoms with Crippen molar-refractivity contribution in [2.75, 3.05) is 5.75 Å². The zero-order valence-electron chi connectivity index (χ0n) is 12.7. The van der Waals surface area contributed by atoms with Crippen LogP contribution in [0.2, 0.25) is 0 Å². The molecule has 0 saturated carbocycles. The predicted molar refractivity (Wildman–Crippen MR) is 91.3 cm³/mol. The average Bonchev–Trinajstić information content (AvgIpc) is 3.04. The highest BCUT2D eigenvalue weighted by Crippen LogP contribution is 2.24. The number of carbonyl (C=O) groups excluding carboxylic acids is 1. The molecule has 0 aliphatic carbocycles. The number of hydrogen-bond donors (Lipinski definition) is 0. The molecular formula is C17H16N4OS. The minimum Gasteiger partial charge on any atom is -0.293 e. The molecule has 1 aromatic carbocycles. The maximum atomic E-state index is 12.2. The molecule has 0 fully saturated rings. The molecule has 0 radical (unpaired) electrons. The molecule has 0 saturated heterocycles. The largest absolute Gasteiger partial charge is 0.293 e. The van der Waals surface area contributed by atoms with Gasteiger partial charge in [0.15, 0.2) is 5.78 Å². The Balaban J connectivity index is 1.76. The van der Waals surface area contributed by atoms with E-state index in [1.807, 2.05) is 30.3 Å². The highest BCUT2D eigenvalue weighted by molar-refractivity contribution is 7.98. The molecule has 0 aliphatic rings. The molecule has 0 spiro atoms. The van der Waals surface area contributed by atoms with Crippen molar-refractivity contribution in [3.05, 3.63) is 66.1 Å². The van der Waals surface area contributed by atoms with Gasteiger partial charge < -0.3 is 0 Å². The maximum absolute atomic E-state index is 12.2. The summed E-state index contributed by atoms with van der Waals surface area (Å²) >= 11 is 1.36. The van der Waals surface area contributed by atoms with Crippen molar-refractivity contribution in [2.45, 2.75) is 13.3 Å². The van der Waals surface area contributed by atoms with E-state index in [0.717, 1.165) is 23.4 Å². The van der Waals surface area contributed by atoms with Crippen molar-refractivity contribution in [1.29, 1.82) is 0 Å². The fourth-order valence-corrected chi connectivity index (χ4v) is 3.11. The van der Waals surface area contributed by atoms with E-state index in [9.17, 15) is 4.79 Å². The third kappa shape index (κ3) is 3.48. The fraction of sp³-hybridized carbons (Fsp3) is 0.176. The zero-order valence-corrected chi connectivity index (χ0v) is 13.5. The molecule has 3 rings (SSSR count). The third-order valence-electron chi connectivity index (χ3n) is 3.41.